The number of hydrogen-bond donors (Lipinski definition) is 0. The molecule has 8 heavy (non-hydrogen) atoms. The molecule has 42 valence electrons. The zero-order valence-corrected chi connectivity index (χ0v) is 5.95. The number of hydrogen-bond acceptors (Lipinski definition) is 3. The van der Waals surface area contributed by atoms with Crippen LogP contribution in [0.25, 0.3) is 0 Å². The summed E-state index contributed by atoms with van der Waals surface area (Å²) in [6.45, 7) is 0. The van der Waals surface area contributed by atoms with Crippen LogP contribution in [-0.2, 0) is 9.13 Å². The molecule has 0 rings (SSSR count). The van der Waals surface area contributed by atoms with Crippen LogP contribution < -0.4 is 0 Å². The fraction of sp³-hybridized carbons (Fsp3) is 0.333. The van der Waals surface area contributed by atoms with Crippen LogP contribution in [0.15, 0.2) is 0 Å². The summed E-state index contributed by atoms with van der Waals surface area (Å²) in [6, 6.07) is 0. The second-order valence-electron chi connectivity index (χ2n) is 0.942. The van der Waals surface area contributed by atoms with Gasteiger partial charge in [0, 0.05) is 0 Å². The minimum absolute atomic E-state index is 0.231. The van der Waals surface area contributed by atoms with Crippen molar-refractivity contribution in [2.45, 2.75) is 0 Å². The molecule has 0 atom stereocenters. The van der Waals surface area contributed by atoms with E-state index in [9.17, 15) is 9.13 Å². The average Bonchev–Trinajstić information content (AvgIpc) is 1.68. The maximum absolute atomic E-state index is 9.69. The molecule has 0 saturated heterocycles. The van der Waals surface area contributed by atoms with Gasteiger partial charge in [-0.15, -0.1) is 0 Å². The molecule has 5 heteroatoms. The van der Waals surface area contributed by atoms with E-state index >= 15 is 0 Å². The van der Waals surface area contributed by atoms with Gasteiger partial charge in [-0.25, -0.2) is 0 Å². The van der Waals surface area contributed by atoms with Gasteiger partial charge in [0.05, 0.1) is 0 Å². The average molecular weight is 147 g/mol. The third-order valence-electron chi connectivity index (χ3n) is 0.382. The van der Waals surface area contributed by atoms with E-state index in [1.807, 2.05) is 0 Å². The predicted molar refractivity (Wildman–Crippen MR) is 30.8 cm³/mol. The van der Waals surface area contributed by atoms with Crippen molar-refractivity contribution >= 4 is 15.8 Å². The molecule has 0 aromatic heterocycles. The van der Waals surface area contributed by atoms with Gasteiger partial charge in [-0.3, -0.25) is 0 Å². The summed E-state index contributed by atoms with van der Waals surface area (Å²) in [5.41, 5.74) is 0. The van der Waals surface area contributed by atoms with Gasteiger partial charge < -0.3 is 0 Å². The van der Waals surface area contributed by atoms with E-state index in [0.29, 0.717) is 0 Å². The molecule has 0 aromatic rings. The molecular formula is C3H3NO2P2. The molecule has 0 aromatic carbocycles. The van der Waals surface area contributed by atoms with Crippen LogP contribution in [0.1, 0.15) is 0 Å². The van der Waals surface area contributed by atoms with E-state index in [1.165, 1.54) is 11.9 Å². The Balaban J connectivity index is 4.11. The van der Waals surface area contributed by atoms with Gasteiger partial charge in [-0.2, -0.15) is 0 Å². The van der Waals surface area contributed by atoms with Crippen LogP contribution in [-0.4, -0.2) is 11.9 Å². The summed E-state index contributed by atoms with van der Waals surface area (Å²) >= 11 is 0. The van der Waals surface area contributed by atoms with Gasteiger partial charge in [0.25, 0.3) is 0 Å². The summed E-state index contributed by atoms with van der Waals surface area (Å²) in [5, 5.41) is 0. The minimum atomic E-state index is -0.231. The molecule has 0 fully saturated rings. The van der Waals surface area contributed by atoms with Crippen molar-refractivity contribution in [2.24, 2.45) is 0 Å². The Morgan fingerprint density at radius 2 is 1.62 bits per heavy atom. The van der Waals surface area contributed by atoms with E-state index in [1.54, 1.807) is 0 Å². The van der Waals surface area contributed by atoms with Crippen LogP contribution in [0.3, 0.4) is 0 Å². The van der Waals surface area contributed by atoms with Crippen molar-refractivity contribution in [3.8, 4) is 11.5 Å². The fourth-order valence-corrected chi connectivity index (χ4v) is 0.569. The van der Waals surface area contributed by atoms with E-state index < -0.39 is 0 Å². The van der Waals surface area contributed by atoms with Crippen LogP contribution in [0, 0.1) is 11.5 Å². The Bertz CT molecular complexity index is 219. The predicted octanol–water partition coefficient (Wildman–Crippen LogP) is 1.33. The SMILES string of the molecule is CN(C#P=O)C#P=O. The number of rotatable bonds is 0. The molecule has 0 heterocycles. The van der Waals surface area contributed by atoms with Crippen molar-refractivity contribution < 1.29 is 9.13 Å². The molecule has 0 saturated carbocycles. The summed E-state index contributed by atoms with van der Waals surface area (Å²) in [7, 11) is 1.08. The normalized spacial score (nSPS) is 7.25. The second kappa shape index (κ2) is 5.12. The summed E-state index contributed by atoms with van der Waals surface area (Å²) in [6.07, 6.45) is 0. The summed E-state index contributed by atoms with van der Waals surface area (Å²) < 4.78 is 19.4. The van der Waals surface area contributed by atoms with Crippen molar-refractivity contribution in [1.29, 1.82) is 0 Å². The molecule has 0 spiro atoms. The first-order valence-electron chi connectivity index (χ1n) is 1.71. The van der Waals surface area contributed by atoms with Crippen LogP contribution in [0.4, 0.5) is 0 Å². The molecule has 0 amide bonds. The fourth-order valence-electron chi connectivity index (χ4n) is 0.145. The van der Waals surface area contributed by atoms with Gasteiger partial charge in [-0.1, -0.05) is 0 Å². The van der Waals surface area contributed by atoms with Gasteiger partial charge in [0.15, 0.2) is 0 Å². The third-order valence-corrected chi connectivity index (χ3v) is 1.14. The standard InChI is InChI=1S/C3H3NO2P2/c1-4(2-7-5)3-8-6/h1H3. The number of nitrogens with zero attached hydrogens (tertiary/aromatic N) is 1. The monoisotopic (exact) mass is 147 g/mol. The van der Waals surface area contributed by atoms with Crippen molar-refractivity contribution in [3.63, 3.8) is 0 Å². The van der Waals surface area contributed by atoms with Gasteiger partial charge >= 0.3 is 48.4 Å². The third kappa shape index (κ3) is 4.15. The Kier molecular flexibility index (Phi) is 5.11. The zero-order valence-electron chi connectivity index (χ0n) is 4.16. The zero-order chi connectivity index (χ0) is 6.41. The van der Waals surface area contributed by atoms with Crippen LogP contribution in [0.2, 0.25) is 0 Å². The molecule has 0 aliphatic heterocycles. The van der Waals surface area contributed by atoms with E-state index in [2.05, 4.69) is 11.5 Å². The molecule has 0 N–H and O–H groups in total. The Morgan fingerprint density at radius 1 is 1.25 bits per heavy atom. The molecule has 0 aliphatic carbocycles. The van der Waals surface area contributed by atoms with Gasteiger partial charge in [0.1, 0.15) is 0 Å². The second-order valence-corrected chi connectivity index (χ2v) is 1.71. The topological polar surface area (TPSA) is 37.4 Å². The van der Waals surface area contributed by atoms with Crippen molar-refractivity contribution in [3.05, 3.63) is 0 Å². The Hall–Kier alpha value is -0.0200. The molecule has 0 radical (unpaired) electrons. The molecule has 0 bridgehead atoms. The van der Waals surface area contributed by atoms with E-state index in [0.717, 1.165) is 0 Å². The molecule has 0 unspecified atom stereocenters. The van der Waals surface area contributed by atoms with E-state index in [4.69, 9.17) is 0 Å². The van der Waals surface area contributed by atoms with Crippen LogP contribution >= 0.6 is 15.8 Å². The van der Waals surface area contributed by atoms with Crippen molar-refractivity contribution in [1.82, 2.24) is 4.90 Å². The first-order valence-corrected chi connectivity index (χ1v) is 3.33. The van der Waals surface area contributed by atoms with Gasteiger partial charge in [-0.05, 0) is 0 Å². The first-order chi connectivity index (χ1) is 3.81. The molecule has 0 aliphatic rings. The maximum atomic E-state index is 9.69. The molecule has 3 nitrogen and oxygen atoms in total. The summed E-state index contributed by atoms with van der Waals surface area (Å²) in [4.78, 5) is 1.21. The first kappa shape index (κ1) is 7.98. The van der Waals surface area contributed by atoms with E-state index in [-0.39, 0.29) is 15.8 Å². The van der Waals surface area contributed by atoms with Crippen molar-refractivity contribution in [2.75, 3.05) is 7.05 Å². The quantitative estimate of drug-likeness (QED) is 0.383. The molecular weight excluding hydrogens is 144 g/mol. The Labute approximate surface area is 49.3 Å². The van der Waals surface area contributed by atoms with Crippen LogP contribution in [0.5, 0.6) is 0 Å². The Morgan fingerprint density at radius 3 is 1.88 bits per heavy atom. The van der Waals surface area contributed by atoms with Gasteiger partial charge in [0.2, 0.25) is 0 Å². The summed E-state index contributed by atoms with van der Waals surface area (Å²) in [5.74, 6) is 4.56.